The summed E-state index contributed by atoms with van der Waals surface area (Å²) < 4.78 is 4.99. The van der Waals surface area contributed by atoms with Crippen LogP contribution in [0, 0.1) is 0 Å². The van der Waals surface area contributed by atoms with Crippen LogP contribution >= 0.6 is 11.8 Å². The summed E-state index contributed by atoms with van der Waals surface area (Å²) in [6, 6.07) is 10.3. The van der Waals surface area contributed by atoms with E-state index in [9.17, 15) is 14.7 Å². The summed E-state index contributed by atoms with van der Waals surface area (Å²) >= 11 is 1.34. The van der Waals surface area contributed by atoms with Gasteiger partial charge in [0.25, 0.3) is 0 Å². The molecule has 0 saturated heterocycles. The molecule has 0 bridgehead atoms. The number of fused-ring (bicyclic) bond motifs is 2. The highest BCUT2D eigenvalue weighted by Gasteiger charge is 2.22. The molecule has 0 amide bonds. The number of aromatic carboxylic acids is 1. The van der Waals surface area contributed by atoms with E-state index in [-0.39, 0.29) is 11.5 Å². The van der Waals surface area contributed by atoms with Crippen LogP contribution in [0.3, 0.4) is 0 Å². The molecule has 2 aromatic rings. The van der Waals surface area contributed by atoms with Crippen molar-refractivity contribution in [1.82, 2.24) is 0 Å². The molecule has 0 aliphatic carbocycles. The molecule has 0 spiro atoms. The first-order valence-corrected chi connectivity index (χ1v) is 7.54. The van der Waals surface area contributed by atoms with Crippen LogP contribution in [-0.2, 0) is 4.74 Å². The number of esters is 1. The minimum atomic E-state index is -0.976. The number of benzene rings is 2. The number of rotatable bonds is 3. The molecule has 0 saturated carbocycles. The van der Waals surface area contributed by atoms with Crippen molar-refractivity contribution in [2.45, 2.75) is 16.7 Å². The average Bonchev–Trinajstić information content (AvgIpc) is 2.51. The van der Waals surface area contributed by atoms with E-state index in [2.05, 4.69) is 5.32 Å². The number of hydrogen-bond donors (Lipinski definition) is 2. The lowest BCUT2D eigenvalue weighted by atomic mass is 10.1. The molecule has 3 rings (SSSR count). The topological polar surface area (TPSA) is 75.6 Å². The molecular formula is C16H13NO4S. The largest absolute Gasteiger partial charge is 0.478 e. The smallest absolute Gasteiger partial charge is 0.338 e. The van der Waals surface area contributed by atoms with Crippen LogP contribution < -0.4 is 5.32 Å². The van der Waals surface area contributed by atoms with Crippen LogP contribution in [0.25, 0.3) is 0 Å². The van der Waals surface area contributed by atoms with Crippen molar-refractivity contribution >= 4 is 35.1 Å². The SMILES string of the molecule is CCOC(=O)c1ccc2c(c1)Sc1c(cccc1C(=O)O)N2. The Morgan fingerprint density at radius 1 is 1.23 bits per heavy atom. The number of anilines is 2. The van der Waals surface area contributed by atoms with Crippen LogP contribution in [0.2, 0.25) is 0 Å². The third kappa shape index (κ3) is 2.53. The van der Waals surface area contributed by atoms with Crippen molar-refractivity contribution in [3.63, 3.8) is 0 Å². The lowest BCUT2D eigenvalue weighted by molar-refractivity contribution is 0.0525. The van der Waals surface area contributed by atoms with Crippen LogP contribution in [0.15, 0.2) is 46.2 Å². The van der Waals surface area contributed by atoms with E-state index in [0.29, 0.717) is 17.1 Å². The zero-order valence-electron chi connectivity index (χ0n) is 11.8. The lowest BCUT2D eigenvalue weighted by Gasteiger charge is -2.22. The molecule has 22 heavy (non-hydrogen) atoms. The molecule has 1 aliphatic heterocycles. The number of carboxylic acids is 1. The molecule has 0 aromatic heterocycles. The van der Waals surface area contributed by atoms with Crippen molar-refractivity contribution in [3.05, 3.63) is 47.5 Å². The van der Waals surface area contributed by atoms with Crippen molar-refractivity contribution in [2.75, 3.05) is 11.9 Å². The molecule has 5 nitrogen and oxygen atoms in total. The van der Waals surface area contributed by atoms with Gasteiger partial charge >= 0.3 is 11.9 Å². The van der Waals surface area contributed by atoms with Gasteiger partial charge in [-0.1, -0.05) is 17.8 Å². The molecular weight excluding hydrogens is 302 g/mol. The third-order valence-corrected chi connectivity index (χ3v) is 4.42. The quantitative estimate of drug-likeness (QED) is 0.717. The van der Waals surface area contributed by atoms with Crippen LogP contribution in [0.1, 0.15) is 27.6 Å². The summed E-state index contributed by atoms with van der Waals surface area (Å²) in [4.78, 5) is 24.6. The molecule has 0 unspecified atom stereocenters. The third-order valence-electron chi connectivity index (χ3n) is 3.22. The van der Waals surface area contributed by atoms with E-state index in [1.165, 1.54) is 11.8 Å². The Morgan fingerprint density at radius 3 is 2.77 bits per heavy atom. The van der Waals surface area contributed by atoms with Gasteiger partial charge in [0.05, 0.1) is 34.0 Å². The van der Waals surface area contributed by atoms with Gasteiger partial charge in [-0.25, -0.2) is 9.59 Å². The number of hydrogen-bond acceptors (Lipinski definition) is 5. The highest BCUT2D eigenvalue weighted by atomic mass is 32.2. The second-order valence-electron chi connectivity index (χ2n) is 4.65. The fourth-order valence-corrected chi connectivity index (χ4v) is 3.35. The fraction of sp³-hybridized carbons (Fsp3) is 0.125. The predicted molar refractivity (Wildman–Crippen MR) is 83.2 cm³/mol. The Kier molecular flexibility index (Phi) is 3.77. The van der Waals surface area contributed by atoms with Crippen LogP contribution in [0.4, 0.5) is 11.4 Å². The van der Waals surface area contributed by atoms with E-state index in [1.807, 2.05) is 6.07 Å². The second-order valence-corrected chi connectivity index (χ2v) is 5.70. The monoisotopic (exact) mass is 315 g/mol. The van der Waals surface area contributed by atoms with Gasteiger partial charge < -0.3 is 15.2 Å². The maximum Gasteiger partial charge on any atom is 0.338 e. The van der Waals surface area contributed by atoms with Crippen molar-refractivity contribution < 1.29 is 19.4 Å². The maximum atomic E-state index is 11.8. The van der Waals surface area contributed by atoms with E-state index < -0.39 is 5.97 Å². The first-order chi connectivity index (χ1) is 10.6. The summed E-state index contributed by atoms with van der Waals surface area (Å²) in [6.07, 6.45) is 0. The Balaban J connectivity index is 2.00. The first kappa shape index (κ1) is 14.5. The number of carbonyl (C=O) groups is 2. The van der Waals surface area contributed by atoms with E-state index in [0.717, 1.165) is 16.3 Å². The normalized spacial score (nSPS) is 11.9. The zero-order chi connectivity index (χ0) is 15.7. The van der Waals surface area contributed by atoms with Gasteiger partial charge in [0.2, 0.25) is 0 Å². The van der Waals surface area contributed by atoms with E-state index >= 15 is 0 Å². The standard InChI is InChI=1S/C16H13NO4S/c1-2-21-16(20)9-6-7-11-13(8-9)22-14-10(15(18)19)4-3-5-12(14)17-11/h3-8,17H,2H2,1H3,(H,18,19). The van der Waals surface area contributed by atoms with Gasteiger partial charge in [0.1, 0.15) is 0 Å². The molecule has 2 aromatic carbocycles. The fourth-order valence-electron chi connectivity index (χ4n) is 2.22. The first-order valence-electron chi connectivity index (χ1n) is 6.72. The van der Waals surface area contributed by atoms with E-state index in [1.54, 1.807) is 37.3 Å². The average molecular weight is 315 g/mol. The Labute approximate surface area is 131 Å². The summed E-state index contributed by atoms with van der Waals surface area (Å²) in [5.74, 6) is -1.36. The number of carbonyl (C=O) groups excluding carboxylic acids is 1. The summed E-state index contributed by atoms with van der Waals surface area (Å²) in [6.45, 7) is 2.06. The van der Waals surface area contributed by atoms with E-state index in [4.69, 9.17) is 4.74 Å². The molecule has 0 atom stereocenters. The maximum absolute atomic E-state index is 11.8. The van der Waals surface area contributed by atoms with Crippen LogP contribution in [0.5, 0.6) is 0 Å². The molecule has 6 heteroatoms. The lowest BCUT2D eigenvalue weighted by Crippen LogP contribution is -2.08. The Bertz CT molecular complexity index is 773. The molecule has 1 heterocycles. The summed E-state index contributed by atoms with van der Waals surface area (Å²) in [5, 5.41) is 12.5. The van der Waals surface area contributed by atoms with Crippen molar-refractivity contribution in [3.8, 4) is 0 Å². The molecule has 112 valence electrons. The number of carboxylic acid groups (broad SMARTS) is 1. The predicted octanol–water partition coefficient (Wildman–Crippen LogP) is 3.77. The van der Waals surface area contributed by atoms with Crippen molar-refractivity contribution in [1.29, 1.82) is 0 Å². The molecule has 1 aliphatic rings. The summed E-state index contributed by atoms with van der Waals surface area (Å²) in [7, 11) is 0. The van der Waals surface area contributed by atoms with Gasteiger partial charge in [-0.2, -0.15) is 0 Å². The molecule has 0 fully saturated rings. The van der Waals surface area contributed by atoms with Gasteiger partial charge in [0, 0.05) is 4.90 Å². The number of ether oxygens (including phenoxy) is 1. The van der Waals surface area contributed by atoms with Gasteiger partial charge in [0.15, 0.2) is 0 Å². The molecule has 0 radical (unpaired) electrons. The van der Waals surface area contributed by atoms with Gasteiger partial charge in [-0.15, -0.1) is 0 Å². The second kappa shape index (κ2) is 5.73. The minimum absolute atomic E-state index is 0.238. The zero-order valence-corrected chi connectivity index (χ0v) is 12.6. The van der Waals surface area contributed by atoms with Gasteiger partial charge in [-0.3, -0.25) is 0 Å². The van der Waals surface area contributed by atoms with Crippen LogP contribution in [-0.4, -0.2) is 23.7 Å². The summed E-state index contributed by atoms with van der Waals surface area (Å²) in [5.41, 5.74) is 2.28. The number of nitrogens with one attached hydrogen (secondary N) is 1. The minimum Gasteiger partial charge on any atom is -0.478 e. The highest BCUT2D eigenvalue weighted by molar-refractivity contribution is 7.99. The highest BCUT2D eigenvalue weighted by Crippen LogP contribution is 2.46. The van der Waals surface area contributed by atoms with Gasteiger partial charge in [-0.05, 0) is 37.3 Å². The molecule has 2 N–H and O–H groups in total. The Morgan fingerprint density at radius 2 is 2.05 bits per heavy atom. The Hall–Kier alpha value is -2.47. The van der Waals surface area contributed by atoms with Crippen molar-refractivity contribution in [2.24, 2.45) is 0 Å².